The van der Waals surface area contributed by atoms with Gasteiger partial charge in [0.1, 0.15) is 0 Å². The highest BCUT2D eigenvalue weighted by atomic mass is 16.5. The molecule has 1 aromatic heterocycles. The molecular weight excluding hydrogens is 218 g/mol. The van der Waals surface area contributed by atoms with Crippen LogP contribution in [0.2, 0.25) is 0 Å². The number of nitrogens with zero attached hydrogens (tertiary/aromatic N) is 3. The van der Waals surface area contributed by atoms with Crippen LogP contribution in [0.25, 0.3) is 0 Å². The van der Waals surface area contributed by atoms with Crippen LogP contribution in [0.15, 0.2) is 0 Å². The molecule has 1 aromatic rings. The Morgan fingerprint density at radius 1 is 1.24 bits per heavy atom. The van der Waals surface area contributed by atoms with Gasteiger partial charge in [0.05, 0.1) is 7.11 Å². The van der Waals surface area contributed by atoms with E-state index in [4.69, 9.17) is 10.5 Å². The monoisotopic (exact) mass is 235 g/mol. The number of nitrogens with two attached hydrogens (primary N) is 1. The molecule has 0 spiro atoms. The maximum absolute atomic E-state index is 5.60. The number of rotatable bonds is 3. The first-order chi connectivity index (χ1) is 8.24. The number of ether oxygens (including phenoxy) is 1. The van der Waals surface area contributed by atoms with Gasteiger partial charge in [0, 0.05) is 6.04 Å². The van der Waals surface area contributed by atoms with E-state index in [1.807, 2.05) is 0 Å². The predicted molar refractivity (Wildman–Crippen MR) is 63.7 cm³/mol. The van der Waals surface area contributed by atoms with Crippen molar-refractivity contribution in [2.45, 2.75) is 31.7 Å². The van der Waals surface area contributed by atoms with Crippen LogP contribution in [0.4, 0.5) is 11.9 Å². The normalized spacial score (nSPS) is 30.5. The molecule has 3 unspecified atom stereocenters. The van der Waals surface area contributed by atoms with Crippen LogP contribution in [0, 0.1) is 11.8 Å². The third-order valence-electron chi connectivity index (χ3n) is 3.87. The Balaban J connectivity index is 1.74. The molecule has 3 N–H and O–H groups in total. The number of anilines is 2. The van der Waals surface area contributed by atoms with Crippen molar-refractivity contribution in [1.82, 2.24) is 15.0 Å². The molecule has 0 aromatic carbocycles. The van der Waals surface area contributed by atoms with Gasteiger partial charge in [-0.25, -0.2) is 0 Å². The van der Waals surface area contributed by atoms with Gasteiger partial charge in [0.25, 0.3) is 0 Å². The van der Waals surface area contributed by atoms with Crippen molar-refractivity contribution < 1.29 is 4.74 Å². The lowest BCUT2D eigenvalue weighted by molar-refractivity contribution is 0.378. The van der Waals surface area contributed by atoms with Crippen molar-refractivity contribution in [2.75, 3.05) is 18.2 Å². The summed E-state index contributed by atoms with van der Waals surface area (Å²) >= 11 is 0. The van der Waals surface area contributed by atoms with E-state index in [1.165, 1.54) is 32.8 Å². The fraction of sp³-hybridized carbons (Fsp3) is 0.727. The molecule has 2 bridgehead atoms. The summed E-state index contributed by atoms with van der Waals surface area (Å²) in [6.07, 6.45) is 5.26. The maximum atomic E-state index is 5.60. The highest BCUT2D eigenvalue weighted by Crippen LogP contribution is 2.45. The number of aromatic nitrogens is 3. The van der Waals surface area contributed by atoms with Crippen LogP contribution in [-0.4, -0.2) is 28.1 Å². The smallest absolute Gasteiger partial charge is 0.322 e. The molecular formula is C11H17N5O. The van der Waals surface area contributed by atoms with E-state index in [9.17, 15) is 0 Å². The first kappa shape index (κ1) is 10.6. The molecule has 0 amide bonds. The number of hydrogen-bond acceptors (Lipinski definition) is 6. The molecule has 3 atom stereocenters. The van der Waals surface area contributed by atoms with Gasteiger partial charge < -0.3 is 15.8 Å². The highest BCUT2D eigenvalue weighted by Gasteiger charge is 2.39. The van der Waals surface area contributed by atoms with Gasteiger partial charge in [-0.3, -0.25) is 0 Å². The van der Waals surface area contributed by atoms with Crippen LogP contribution in [0.5, 0.6) is 6.01 Å². The average molecular weight is 235 g/mol. The minimum Gasteiger partial charge on any atom is -0.467 e. The summed E-state index contributed by atoms with van der Waals surface area (Å²) in [5.74, 6) is 2.39. The van der Waals surface area contributed by atoms with Gasteiger partial charge >= 0.3 is 6.01 Å². The fourth-order valence-electron chi connectivity index (χ4n) is 3.12. The number of hydrogen-bond donors (Lipinski definition) is 2. The molecule has 17 heavy (non-hydrogen) atoms. The molecule has 0 aliphatic heterocycles. The van der Waals surface area contributed by atoms with Gasteiger partial charge in [-0.15, -0.1) is 0 Å². The molecule has 0 radical (unpaired) electrons. The molecule has 6 heteroatoms. The van der Waals surface area contributed by atoms with Crippen LogP contribution >= 0.6 is 0 Å². The lowest BCUT2D eigenvalue weighted by atomic mass is 9.95. The maximum Gasteiger partial charge on any atom is 0.322 e. The summed E-state index contributed by atoms with van der Waals surface area (Å²) in [5.41, 5.74) is 5.60. The van der Waals surface area contributed by atoms with Gasteiger partial charge in [0.15, 0.2) is 0 Å². The van der Waals surface area contributed by atoms with Crippen LogP contribution in [0.1, 0.15) is 25.7 Å². The Morgan fingerprint density at radius 3 is 2.76 bits per heavy atom. The molecule has 1 heterocycles. The zero-order valence-corrected chi connectivity index (χ0v) is 9.89. The topological polar surface area (TPSA) is 86.0 Å². The molecule has 0 saturated heterocycles. The molecule has 2 aliphatic carbocycles. The first-order valence-electron chi connectivity index (χ1n) is 6.06. The van der Waals surface area contributed by atoms with Crippen molar-refractivity contribution >= 4 is 11.9 Å². The Kier molecular flexibility index (Phi) is 2.49. The van der Waals surface area contributed by atoms with E-state index in [-0.39, 0.29) is 12.0 Å². The largest absolute Gasteiger partial charge is 0.467 e. The van der Waals surface area contributed by atoms with E-state index in [2.05, 4.69) is 20.3 Å². The Labute approximate surface area is 100 Å². The van der Waals surface area contributed by atoms with Crippen LogP contribution in [-0.2, 0) is 0 Å². The van der Waals surface area contributed by atoms with E-state index in [1.54, 1.807) is 0 Å². The standard InChI is InChI=1S/C11H17N5O/c1-17-11-15-9(12)14-10(16-11)13-8-5-6-2-3-7(8)4-6/h6-8H,2-5H2,1H3,(H3,12,13,14,15,16). The van der Waals surface area contributed by atoms with Crippen molar-refractivity contribution in [3.8, 4) is 6.01 Å². The van der Waals surface area contributed by atoms with Gasteiger partial charge in [-0.1, -0.05) is 6.42 Å². The van der Waals surface area contributed by atoms with Gasteiger partial charge in [-0.2, -0.15) is 15.0 Å². The SMILES string of the molecule is COc1nc(N)nc(NC2CC3CCC2C3)n1. The molecule has 2 aliphatic rings. The molecule has 6 nitrogen and oxygen atoms in total. The number of fused-ring (bicyclic) bond motifs is 2. The van der Waals surface area contributed by atoms with E-state index < -0.39 is 0 Å². The molecule has 2 saturated carbocycles. The summed E-state index contributed by atoms with van der Waals surface area (Å²) in [7, 11) is 1.52. The summed E-state index contributed by atoms with van der Waals surface area (Å²) < 4.78 is 4.98. The lowest BCUT2D eigenvalue weighted by Gasteiger charge is -2.22. The molecule has 3 rings (SSSR count). The van der Waals surface area contributed by atoms with Crippen molar-refractivity contribution in [3.63, 3.8) is 0 Å². The first-order valence-corrected chi connectivity index (χ1v) is 6.06. The minimum absolute atomic E-state index is 0.197. The summed E-state index contributed by atoms with van der Waals surface area (Å²) in [4.78, 5) is 12.1. The number of nitrogen functional groups attached to an aromatic ring is 1. The Bertz CT molecular complexity index is 424. The van der Waals surface area contributed by atoms with Crippen molar-refractivity contribution in [3.05, 3.63) is 0 Å². The highest BCUT2D eigenvalue weighted by molar-refractivity contribution is 5.34. The second-order valence-corrected chi connectivity index (χ2v) is 4.93. The van der Waals surface area contributed by atoms with Gasteiger partial charge in [-0.05, 0) is 31.1 Å². The minimum atomic E-state index is 0.197. The molecule has 92 valence electrons. The summed E-state index contributed by atoms with van der Waals surface area (Å²) in [6, 6.07) is 0.753. The lowest BCUT2D eigenvalue weighted by Crippen LogP contribution is -2.27. The second-order valence-electron chi connectivity index (χ2n) is 4.93. The fourth-order valence-corrected chi connectivity index (χ4v) is 3.12. The molecule has 2 fully saturated rings. The Hall–Kier alpha value is -1.59. The number of methoxy groups -OCH3 is 1. The number of nitrogens with one attached hydrogen (secondary N) is 1. The van der Waals surface area contributed by atoms with Crippen molar-refractivity contribution in [1.29, 1.82) is 0 Å². The second kappa shape index (κ2) is 4.01. The average Bonchev–Trinajstić information content (AvgIpc) is 2.90. The third-order valence-corrected chi connectivity index (χ3v) is 3.87. The quantitative estimate of drug-likeness (QED) is 0.814. The van der Waals surface area contributed by atoms with E-state index in [0.717, 1.165) is 11.8 Å². The van der Waals surface area contributed by atoms with Crippen LogP contribution < -0.4 is 15.8 Å². The van der Waals surface area contributed by atoms with Gasteiger partial charge in [0.2, 0.25) is 11.9 Å². The van der Waals surface area contributed by atoms with Crippen molar-refractivity contribution in [2.24, 2.45) is 11.8 Å². The third kappa shape index (κ3) is 1.99. The predicted octanol–water partition coefficient (Wildman–Crippen LogP) is 1.06. The van der Waals surface area contributed by atoms with Crippen LogP contribution in [0.3, 0.4) is 0 Å². The Morgan fingerprint density at radius 2 is 2.12 bits per heavy atom. The summed E-state index contributed by atoms with van der Waals surface area (Å²) in [5, 5.41) is 3.37. The van der Waals surface area contributed by atoms with E-state index >= 15 is 0 Å². The summed E-state index contributed by atoms with van der Waals surface area (Å²) in [6.45, 7) is 0. The zero-order chi connectivity index (χ0) is 11.8. The van der Waals surface area contributed by atoms with E-state index in [0.29, 0.717) is 12.0 Å². The zero-order valence-electron chi connectivity index (χ0n) is 9.89.